The zero-order chi connectivity index (χ0) is 15.4. The predicted molar refractivity (Wildman–Crippen MR) is 79.5 cm³/mol. The molecule has 0 amide bonds. The number of esters is 2. The number of ether oxygens (including phenoxy) is 2. The highest BCUT2D eigenvalue weighted by Crippen LogP contribution is 2.53. The van der Waals surface area contributed by atoms with Gasteiger partial charge in [-0.3, -0.25) is 9.59 Å². The van der Waals surface area contributed by atoms with Gasteiger partial charge in [0.05, 0.1) is 25.0 Å². The van der Waals surface area contributed by atoms with Crippen LogP contribution in [0.2, 0.25) is 0 Å². The summed E-state index contributed by atoms with van der Waals surface area (Å²) in [6.45, 7) is 6.89. The standard InChI is InChI=1S/C17H26O4/c1-4-7-20-16(18)14-12-9-11(6-3)13(10-12)15(14)17(19)21-8-5-2/h9,12-15H,4-8,10H2,1-3H3. The molecule has 0 heterocycles. The lowest BCUT2D eigenvalue weighted by atomic mass is 9.78. The van der Waals surface area contributed by atoms with Crippen LogP contribution in [0.1, 0.15) is 46.5 Å². The van der Waals surface area contributed by atoms with Crippen LogP contribution in [-0.4, -0.2) is 25.2 Å². The van der Waals surface area contributed by atoms with Crippen LogP contribution in [0.5, 0.6) is 0 Å². The molecule has 0 radical (unpaired) electrons. The van der Waals surface area contributed by atoms with Gasteiger partial charge in [0, 0.05) is 0 Å². The first-order valence-corrected chi connectivity index (χ1v) is 8.17. The Hall–Kier alpha value is -1.32. The SMILES string of the molecule is CCCOC(=O)C1C2C=C(CC)C(C2)C1C(=O)OCCC. The summed E-state index contributed by atoms with van der Waals surface area (Å²) in [6, 6.07) is 0. The zero-order valence-electron chi connectivity index (χ0n) is 13.3. The Labute approximate surface area is 126 Å². The Morgan fingerprint density at radius 2 is 1.62 bits per heavy atom. The maximum absolute atomic E-state index is 12.4. The molecule has 118 valence electrons. The molecule has 0 N–H and O–H groups in total. The van der Waals surface area contributed by atoms with Crippen molar-refractivity contribution in [3.63, 3.8) is 0 Å². The van der Waals surface area contributed by atoms with E-state index < -0.39 is 0 Å². The highest BCUT2D eigenvalue weighted by Gasteiger charge is 2.55. The van der Waals surface area contributed by atoms with Gasteiger partial charge >= 0.3 is 11.9 Å². The molecule has 2 rings (SSSR count). The van der Waals surface area contributed by atoms with Crippen molar-refractivity contribution in [3.05, 3.63) is 11.6 Å². The molecule has 21 heavy (non-hydrogen) atoms. The Bertz CT molecular complexity index is 427. The number of fused-ring (bicyclic) bond motifs is 2. The van der Waals surface area contributed by atoms with Gasteiger partial charge in [0.1, 0.15) is 0 Å². The highest BCUT2D eigenvalue weighted by atomic mass is 16.5. The molecule has 0 aromatic heterocycles. The van der Waals surface area contributed by atoms with E-state index >= 15 is 0 Å². The molecule has 0 aromatic carbocycles. The fourth-order valence-corrected chi connectivity index (χ4v) is 3.67. The summed E-state index contributed by atoms with van der Waals surface area (Å²) in [6.07, 6.45) is 5.62. The van der Waals surface area contributed by atoms with Crippen LogP contribution < -0.4 is 0 Å². The lowest BCUT2D eigenvalue weighted by Crippen LogP contribution is -2.36. The number of carbonyl (C=O) groups excluding carboxylic acids is 2. The first-order valence-electron chi connectivity index (χ1n) is 8.17. The first kappa shape index (κ1) is 16.1. The minimum atomic E-state index is -0.346. The third-order valence-corrected chi connectivity index (χ3v) is 4.56. The third-order valence-electron chi connectivity index (χ3n) is 4.56. The molecular formula is C17H26O4. The summed E-state index contributed by atoms with van der Waals surface area (Å²) in [5.41, 5.74) is 1.30. The van der Waals surface area contributed by atoms with E-state index in [2.05, 4.69) is 13.0 Å². The van der Waals surface area contributed by atoms with E-state index in [0.717, 1.165) is 25.7 Å². The van der Waals surface area contributed by atoms with Gasteiger partial charge in [-0.1, -0.05) is 32.4 Å². The van der Waals surface area contributed by atoms with E-state index in [4.69, 9.17) is 9.47 Å². The third kappa shape index (κ3) is 3.14. The molecule has 0 saturated heterocycles. The van der Waals surface area contributed by atoms with E-state index in [0.29, 0.717) is 13.2 Å². The van der Waals surface area contributed by atoms with Gasteiger partial charge in [-0.05, 0) is 37.5 Å². The zero-order valence-corrected chi connectivity index (χ0v) is 13.3. The lowest BCUT2D eigenvalue weighted by Gasteiger charge is -2.28. The summed E-state index contributed by atoms with van der Waals surface area (Å²) >= 11 is 0. The van der Waals surface area contributed by atoms with Crippen molar-refractivity contribution in [2.24, 2.45) is 23.7 Å². The highest BCUT2D eigenvalue weighted by molar-refractivity contribution is 5.84. The summed E-state index contributed by atoms with van der Waals surface area (Å²) < 4.78 is 10.6. The van der Waals surface area contributed by atoms with Crippen molar-refractivity contribution < 1.29 is 19.1 Å². The van der Waals surface area contributed by atoms with Crippen molar-refractivity contribution in [2.75, 3.05) is 13.2 Å². The summed E-state index contributed by atoms with van der Waals surface area (Å²) in [4.78, 5) is 24.7. The summed E-state index contributed by atoms with van der Waals surface area (Å²) in [5, 5.41) is 0. The molecule has 2 bridgehead atoms. The molecule has 4 atom stereocenters. The van der Waals surface area contributed by atoms with Gasteiger partial charge in [0.2, 0.25) is 0 Å². The van der Waals surface area contributed by atoms with Crippen molar-refractivity contribution in [2.45, 2.75) is 46.5 Å². The monoisotopic (exact) mass is 294 g/mol. The molecule has 4 unspecified atom stereocenters. The second kappa shape index (κ2) is 7.10. The molecule has 1 saturated carbocycles. The van der Waals surface area contributed by atoms with E-state index in [1.165, 1.54) is 5.57 Å². The number of hydrogen-bond donors (Lipinski definition) is 0. The Balaban J connectivity index is 2.15. The minimum absolute atomic E-state index is 0.147. The smallest absolute Gasteiger partial charge is 0.310 e. The van der Waals surface area contributed by atoms with Crippen LogP contribution >= 0.6 is 0 Å². The minimum Gasteiger partial charge on any atom is -0.465 e. The van der Waals surface area contributed by atoms with Gasteiger partial charge in [-0.25, -0.2) is 0 Å². The van der Waals surface area contributed by atoms with E-state index in [1.807, 2.05) is 13.8 Å². The van der Waals surface area contributed by atoms with Crippen molar-refractivity contribution in [1.82, 2.24) is 0 Å². The molecule has 4 heteroatoms. The number of carbonyl (C=O) groups is 2. The van der Waals surface area contributed by atoms with E-state index in [9.17, 15) is 9.59 Å². The fraction of sp³-hybridized carbons (Fsp3) is 0.765. The average molecular weight is 294 g/mol. The molecule has 0 spiro atoms. The van der Waals surface area contributed by atoms with Crippen molar-refractivity contribution in [1.29, 1.82) is 0 Å². The molecule has 0 aromatic rings. The Morgan fingerprint density at radius 1 is 1.05 bits per heavy atom. The second-order valence-corrected chi connectivity index (χ2v) is 5.99. The van der Waals surface area contributed by atoms with Gasteiger partial charge in [0.15, 0.2) is 0 Å². The van der Waals surface area contributed by atoms with Crippen LogP contribution in [0.3, 0.4) is 0 Å². The summed E-state index contributed by atoms with van der Waals surface area (Å²) in [7, 11) is 0. The van der Waals surface area contributed by atoms with Gasteiger partial charge < -0.3 is 9.47 Å². The Morgan fingerprint density at radius 3 is 2.14 bits per heavy atom. The normalized spacial score (nSPS) is 30.1. The topological polar surface area (TPSA) is 52.6 Å². The van der Waals surface area contributed by atoms with Gasteiger partial charge in [0.25, 0.3) is 0 Å². The lowest BCUT2D eigenvalue weighted by molar-refractivity contribution is -0.161. The van der Waals surface area contributed by atoms with Gasteiger partial charge in [-0.15, -0.1) is 0 Å². The quantitative estimate of drug-likeness (QED) is 0.535. The molecular weight excluding hydrogens is 268 g/mol. The fourth-order valence-electron chi connectivity index (χ4n) is 3.67. The van der Waals surface area contributed by atoms with E-state index in [1.54, 1.807) is 0 Å². The molecule has 4 nitrogen and oxygen atoms in total. The number of allylic oxidation sites excluding steroid dienone is 2. The average Bonchev–Trinajstić information content (AvgIpc) is 3.07. The largest absolute Gasteiger partial charge is 0.465 e. The van der Waals surface area contributed by atoms with Crippen molar-refractivity contribution in [3.8, 4) is 0 Å². The maximum Gasteiger partial charge on any atom is 0.310 e. The van der Waals surface area contributed by atoms with Crippen LogP contribution in [0.4, 0.5) is 0 Å². The second-order valence-electron chi connectivity index (χ2n) is 5.99. The maximum atomic E-state index is 12.4. The molecule has 1 fully saturated rings. The summed E-state index contributed by atoms with van der Waals surface area (Å²) in [5.74, 6) is -0.819. The van der Waals surface area contributed by atoms with Crippen LogP contribution in [-0.2, 0) is 19.1 Å². The molecule has 2 aliphatic carbocycles. The van der Waals surface area contributed by atoms with Crippen LogP contribution in [0.15, 0.2) is 11.6 Å². The molecule has 2 aliphatic rings. The van der Waals surface area contributed by atoms with E-state index in [-0.39, 0.29) is 35.6 Å². The molecule has 0 aliphatic heterocycles. The predicted octanol–water partition coefficient (Wildman–Crippen LogP) is 3.11. The van der Waals surface area contributed by atoms with Gasteiger partial charge in [-0.2, -0.15) is 0 Å². The first-order chi connectivity index (χ1) is 10.1. The number of rotatable bonds is 7. The van der Waals surface area contributed by atoms with Crippen LogP contribution in [0, 0.1) is 23.7 Å². The van der Waals surface area contributed by atoms with Crippen molar-refractivity contribution >= 4 is 11.9 Å². The Kier molecular flexibility index (Phi) is 5.43. The van der Waals surface area contributed by atoms with Crippen LogP contribution in [0.25, 0.3) is 0 Å². The number of hydrogen-bond acceptors (Lipinski definition) is 4.